The van der Waals surface area contributed by atoms with Gasteiger partial charge in [-0.15, -0.1) is 0 Å². The maximum absolute atomic E-state index is 9.80. The molecule has 2 nitrogen and oxygen atoms in total. The zero-order valence-electron chi connectivity index (χ0n) is 11.2. The number of aliphatic hydroxyl groups is 1. The van der Waals surface area contributed by atoms with Crippen LogP contribution < -0.4 is 0 Å². The molecule has 0 unspecified atom stereocenters. The van der Waals surface area contributed by atoms with Crippen LogP contribution in [0.4, 0.5) is 0 Å². The van der Waals surface area contributed by atoms with Gasteiger partial charge in [-0.2, -0.15) is 0 Å². The van der Waals surface area contributed by atoms with Gasteiger partial charge in [0.15, 0.2) is 0 Å². The van der Waals surface area contributed by atoms with E-state index in [1.54, 1.807) is 24.9 Å². The highest BCUT2D eigenvalue weighted by molar-refractivity contribution is 7.99. The van der Waals surface area contributed by atoms with Gasteiger partial charge in [0.25, 0.3) is 0 Å². The van der Waals surface area contributed by atoms with Crippen molar-refractivity contribution in [2.45, 2.75) is 22.9 Å². The number of aliphatic hydroxyl groups excluding tert-OH is 1. The first-order chi connectivity index (χ1) is 9.74. The molecule has 0 fully saturated rings. The Labute approximate surface area is 122 Å². The third-order valence-electron chi connectivity index (χ3n) is 3.19. The van der Waals surface area contributed by atoms with Gasteiger partial charge in [0, 0.05) is 16.7 Å². The van der Waals surface area contributed by atoms with Crippen LogP contribution in [0, 0.1) is 0 Å². The van der Waals surface area contributed by atoms with Crippen LogP contribution in [0.2, 0.25) is 0 Å². The van der Waals surface area contributed by atoms with Crippen molar-refractivity contribution < 1.29 is 5.11 Å². The van der Waals surface area contributed by atoms with Crippen LogP contribution in [0.25, 0.3) is 10.8 Å². The number of aromatic nitrogens is 1. The van der Waals surface area contributed by atoms with Gasteiger partial charge < -0.3 is 5.11 Å². The zero-order valence-corrected chi connectivity index (χ0v) is 12.0. The topological polar surface area (TPSA) is 33.1 Å². The minimum atomic E-state index is -0.508. The van der Waals surface area contributed by atoms with E-state index >= 15 is 0 Å². The summed E-state index contributed by atoms with van der Waals surface area (Å²) in [6.07, 6.45) is 1.25. The Balaban J connectivity index is 1.97. The van der Waals surface area contributed by atoms with E-state index in [0.717, 1.165) is 15.5 Å². The van der Waals surface area contributed by atoms with Crippen LogP contribution in [0.3, 0.4) is 0 Å². The summed E-state index contributed by atoms with van der Waals surface area (Å²) in [5.74, 6) is 0. The van der Waals surface area contributed by atoms with Crippen molar-refractivity contribution in [3.63, 3.8) is 0 Å². The first-order valence-electron chi connectivity index (χ1n) is 6.54. The number of hydrogen-bond donors (Lipinski definition) is 1. The van der Waals surface area contributed by atoms with Gasteiger partial charge in [0.2, 0.25) is 0 Å². The predicted octanol–water partition coefficient (Wildman–Crippen LogP) is 4.44. The van der Waals surface area contributed by atoms with E-state index in [0.29, 0.717) is 0 Å². The number of benzene rings is 2. The standard InChI is InChI=1S/C17H15NOS/c1-12(19)16-7-4-10-18-17(16)20-15-9-8-13-5-2-3-6-14(13)11-15/h2-12,19H,1H3/t12-/m0/s1. The van der Waals surface area contributed by atoms with Crippen LogP contribution in [-0.4, -0.2) is 10.1 Å². The fourth-order valence-electron chi connectivity index (χ4n) is 2.15. The third kappa shape index (κ3) is 2.69. The van der Waals surface area contributed by atoms with E-state index in [4.69, 9.17) is 0 Å². The Morgan fingerprint density at radius 2 is 1.80 bits per heavy atom. The van der Waals surface area contributed by atoms with Gasteiger partial charge in [-0.3, -0.25) is 0 Å². The number of fused-ring (bicyclic) bond motifs is 1. The highest BCUT2D eigenvalue weighted by Crippen LogP contribution is 2.32. The van der Waals surface area contributed by atoms with Crippen molar-refractivity contribution >= 4 is 22.5 Å². The molecule has 0 bridgehead atoms. The van der Waals surface area contributed by atoms with Crippen LogP contribution in [0.1, 0.15) is 18.6 Å². The third-order valence-corrected chi connectivity index (χ3v) is 4.21. The normalized spacial score (nSPS) is 12.5. The Hall–Kier alpha value is -1.84. The van der Waals surface area contributed by atoms with Crippen molar-refractivity contribution in [1.29, 1.82) is 0 Å². The summed E-state index contributed by atoms with van der Waals surface area (Å²) in [4.78, 5) is 5.51. The minimum absolute atomic E-state index is 0.508. The zero-order chi connectivity index (χ0) is 13.9. The van der Waals surface area contributed by atoms with Gasteiger partial charge in [0.05, 0.1) is 6.10 Å². The lowest BCUT2D eigenvalue weighted by Gasteiger charge is -2.10. The smallest absolute Gasteiger partial charge is 0.106 e. The molecule has 1 atom stereocenters. The average molecular weight is 281 g/mol. The van der Waals surface area contributed by atoms with Crippen LogP contribution in [0.5, 0.6) is 0 Å². The molecule has 1 N–H and O–H groups in total. The van der Waals surface area contributed by atoms with Gasteiger partial charge in [-0.05, 0) is 35.9 Å². The van der Waals surface area contributed by atoms with Gasteiger partial charge >= 0.3 is 0 Å². The molecule has 3 heteroatoms. The Kier molecular flexibility index (Phi) is 3.72. The number of nitrogens with zero attached hydrogens (tertiary/aromatic N) is 1. The number of pyridine rings is 1. The molecule has 0 aliphatic carbocycles. The molecule has 3 aromatic rings. The second-order valence-electron chi connectivity index (χ2n) is 4.68. The van der Waals surface area contributed by atoms with Crippen LogP contribution >= 0.6 is 11.8 Å². The van der Waals surface area contributed by atoms with Gasteiger partial charge in [-0.1, -0.05) is 48.2 Å². The summed E-state index contributed by atoms with van der Waals surface area (Å²) in [5, 5.41) is 13.1. The fourth-order valence-corrected chi connectivity index (χ4v) is 3.16. The lowest BCUT2D eigenvalue weighted by Crippen LogP contribution is -1.95. The maximum atomic E-state index is 9.80. The molecule has 20 heavy (non-hydrogen) atoms. The lowest BCUT2D eigenvalue weighted by molar-refractivity contribution is 0.195. The van der Waals surface area contributed by atoms with E-state index in [-0.39, 0.29) is 0 Å². The maximum Gasteiger partial charge on any atom is 0.106 e. The lowest BCUT2D eigenvalue weighted by atomic mass is 10.1. The summed E-state index contributed by atoms with van der Waals surface area (Å²) in [5.41, 5.74) is 0.866. The van der Waals surface area contributed by atoms with Crippen molar-refractivity contribution in [3.05, 3.63) is 66.4 Å². The second-order valence-corrected chi connectivity index (χ2v) is 5.75. The fraction of sp³-hybridized carbons (Fsp3) is 0.118. The molecule has 1 aromatic heterocycles. The molecule has 3 rings (SSSR count). The molecule has 0 saturated carbocycles. The summed E-state index contributed by atoms with van der Waals surface area (Å²) in [6.45, 7) is 1.77. The monoisotopic (exact) mass is 281 g/mol. The van der Waals surface area contributed by atoms with E-state index in [1.165, 1.54) is 10.8 Å². The molecule has 0 aliphatic heterocycles. The van der Waals surface area contributed by atoms with Crippen LogP contribution in [-0.2, 0) is 0 Å². The summed E-state index contributed by atoms with van der Waals surface area (Å²) in [6, 6.07) is 18.4. The van der Waals surface area contributed by atoms with Crippen LogP contribution in [0.15, 0.2) is 70.7 Å². The molecule has 0 amide bonds. The first-order valence-corrected chi connectivity index (χ1v) is 7.35. The van der Waals surface area contributed by atoms with Gasteiger partial charge in [0.1, 0.15) is 5.03 Å². The first kappa shape index (κ1) is 13.2. The Morgan fingerprint density at radius 1 is 1.00 bits per heavy atom. The molecule has 100 valence electrons. The van der Waals surface area contributed by atoms with Crippen molar-refractivity contribution in [3.8, 4) is 0 Å². The van der Waals surface area contributed by atoms with Gasteiger partial charge in [-0.25, -0.2) is 4.98 Å². The summed E-state index contributed by atoms with van der Waals surface area (Å²) < 4.78 is 0. The molecule has 0 radical (unpaired) electrons. The number of rotatable bonds is 3. The molecular formula is C17H15NOS. The predicted molar refractivity (Wildman–Crippen MR) is 82.9 cm³/mol. The Bertz CT molecular complexity index is 740. The van der Waals surface area contributed by atoms with Crippen molar-refractivity contribution in [2.24, 2.45) is 0 Å². The SMILES string of the molecule is C[C@H](O)c1cccnc1Sc1ccc2ccccc2c1. The quantitative estimate of drug-likeness (QED) is 0.770. The average Bonchev–Trinajstić information content (AvgIpc) is 2.47. The highest BCUT2D eigenvalue weighted by atomic mass is 32.2. The molecule has 0 aliphatic rings. The second kappa shape index (κ2) is 5.65. The van der Waals surface area contributed by atoms with Crippen molar-refractivity contribution in [2.75, 3.05) is 0 Å². The largest absolute Gasteiger partial charge is 0.389 e. The Morgan fingerprint density at radius 3 is 2.60 bits per heavy atom. The molecule has 1 heterocycles. The summed E-state index contributed by atoms with van der Waals surface area (Å²) in [7, 11) is 0. The van der Waals surface area contributed by atoms with E-state index in [2.05, 4.69) is 35.3 Å². The van der Waals surface area contributed by atoms with E-state index in [1.807, 2.05) is 24.3 Å². The van der Waals surface area contributed by atoms with E-state index < -0.39 is 6.10 Å². The summed E-state index contributed by atoms with van der Waals surface area (Å²) >= 11 is 1.59. The van der Waals surface area contributed by atoms with Crippen molar-refractivity contribution in [1.82, 2.24) is 4.98 Å². The molecule has 2 aromatic carbocycles. The number of hydrogen-bond acceptors (Lipinski definition) is 3. The molecular weight excluding hydrogens is 266 g/mol. The highest BCUT2D eigenvalue weighted by Gasteiger charge is 2.10. The minimum Gasteiger partial charge on any atom is -0.389 e. The van der Waals surface area contributed by atoms with E-state index in [9.17, 15) is 5.11 Å². The molecule has 0 saturated heterocycles. The molecule has 0 spiro atoms.